The van der Waals surface area contributed by atoms with Gasteiger partial charge in [-0.25, -0.2) is 0 Å². The van der Waals surface area contributed by atoms with Gasteiger partial charge in [-0.05, 0) is 56.2 Å². The maximum absolute atomic E-state index is 13.2. The van der Waals surface area contributed by atoms with Gasteiger partial charge in [0.1, 0.15) is 11.6 Å². The number of amides is 1. The summed E-state index contributed by atoms with van der Waals surface area (Å²) in [4.78, 5) is 28.1. The maximum atomic E-state index is 13.2. The molecule has 1 unspecified atom stereocenters. The van der Waals surface area contributed by atoms with Gasteiger partial charge in [0.05, 0.1) is 12.5 Å². The largest absolute Gasteiger partial charge is 0.497 e. The van der Waals surface area contributed by atoms with Gasteiger partial charge < -0.3 is 9.64 Å². The SMILES string of the molecule is COc1ccc(-c2nnc3n(c2=O)CCC32CCN(C(=O)c3cccc(C)c3)C2)cc1. The molecule has 0 saturated carbocycles. The zero-order chi connectivity index (χ0) is 21.6. The van der Waals surface area contributed by atoms with Crippen LogP contribution in [0.25, 0.3) is 11.3 Å². The molecular formula is C24H24N4O3. The number of hydrogen-bond acceptors (Lipinski definition) is 5. The van der Waals surface area contributed by atoms with Crippen LogP contribution in [0, 0.1) is 6.92 Å². The van der Waals surface area contributed by atoms with Crippen LogP contribution in [0.3, 0.4) is 0 Å². The summed E-state index contributed by atoms with van der Waals surface area (Å²) in [6.45, 7) is 3.80. The number of likely N-dealkylation sites (tertiary alicyclic amines) is 1. The van der Waals surface area contributed by atoms with E-state index in [-0.39, 0.29) is 16.9 Å². The minimum Gasteiger partial charge on any atom is -0.497 e. The minimum absolute atomic E-state index is 0.0317. The van der Waals surface area contributed by atoms with E-state index < -0.39 is 0 Å². The summed E-state index contributed by atoms with van der Waals surface area (Å²) in [5.41, 5.74) is 2.40. The molecule has 2 aliphatic rings. The van der Waals surface area contributed by atoms with Crippen molar-refractivity contribution in [1.82, 2.24) is 19.7 Å². The van der Waals surface area contributed by atoms with Gasteiger partial charge in [0, 0.05) is 30.8 Å². The van der Waals surface area contributed by atoms with Crippen LogP contribution in [0.5, 0.6) is 5.75 Å². The van der Waals surface area contributed by atoms with Gasteiger partial charge in [0.25, 0.3) is 11.5 Å². The van der Waals surface area contributed by atoms with Crippen LogP contribution in [-0.2, 0) is 12.0 Å². The van der Waals surface area contributed by atoms with E-state index in [9.17, 15) is 9.59 Å². The molecule has 1 fully saturated rings. The first-order valence-corrected chi connectivity index (χ1v) is 10.5. The Morgan fingerprint density at radius 1 is 1.06 bits per heavy atom. The Kier molecular flexibility index (Phi) is 4.61. The number of aromatic nitrogens is 3. The number of fused-ring (bicyclic) bond motifs is 2. The number of carbonyl (C=O) groups is 1. The third-order valence-electron chi connectivity index (χ3n) is 6.51. The molecule has 31 heavy (non-hydrogen) atoms. The normalized spacial score (nSPS) is 19.6. The summed E-state index contributed by atoms with van der Waals surface area (Å²) in [7, 11) is 1.60. The Labute approximate surface area is 180 Å². The van der Waals surface area contributed by atoms with E-state index in [0.29, 0.717) is 36.7 Å². The number of methoxy groups -OCH3 is 1. The molecule has 0 radical (unpaired) electrons. The molecule has 0 aliphatic carbocycles. The second-order valence-corrected chi connectivity index (χ2v) is 8.43. The smallest absolute Gasteiger partial charge is 0.280 e. The fourth-order valence-corrected chi connectivity index (χ4v) is 4.78. The Balaban J connectivity index is 1.44. The van der Waals surface area contributed by atoms with Gasteiger partial charge in [-0.2, -0.15) is 0 Å². The van der Waals surface area contributed by atoms with E-state index in [1.165, 1.54) is 0 Å². The first-order valence-electron chi connectivity index (χ1n) is 10.5. The summed E-state index contributed by atoms with van der Waals surface area (Å²) >= 11 is 0. The fraction of sp³-hybridized carbons (Fsp3) is 0.333. The van der Waals surface area contributed by atoms with Gasteiger partial charge in [0.15, 0.2) is 5.69 Å². The van der Waals surface area contributed by atoms with Crippen molar-refractivity contribution >= 4 is 5.91 Å². The quantitative estimate of drug-likeness (QED) is 0.656. The molecule has 7 heteroatoms. The zero-order valence-corrected chi connectivity index (χ0v) is 17.7. The van der Waals surface area contributed by atoms with Crippen LogP contribution in [0.2, 0.25) is 0 Å². The van der Waals surface area contributed by atoms with Gasteiger partial charge in [0.2, 0.25) is 0 Å². The van der Waals surface area contributed by atoms with Crippen molar-refractivity contribution in [1.29, 1.82) is 0 Å². The number of carbonyl (C=O) groups excluding carboxylic acids is 1. The Hall–Kier alpha value is -3.48. The molecular weight excluding hydrogens is 392 g/mol. The highest BCUT2D eigenvalue weighted by atomic mass is 16.5. The summed E-state index contributed by atoms with van der Waals surface area (Å²) in [5.74, 6) is 1.46. The van der Waals surface area contributed by atoms with E-state index in [4.69, 9.17) is 4.74 Å². The molecule has 2 aliphatic heterocycles. The molecule has 158 valence electrons. The minimum atomic E-state index is -0.302. The van der Waals surface area contributed by atoms with Gasteiger partial charge in [-0.15, -0.1) is 10.2 Å². The Morgan fingerprint density at radius 3 is 2.58 bits per heavy atom. The predicted octanol–water partition coefficient (Wildman–Crippen LogP) is 2.81. The van der Waals surface area contributed by atoms with Crippen LogP contribution < -0.4 is 10.3 Å². The van der Waals surface area contributed by atoms with E-state index in [2.05, 4.69) is 10.2 Å². The highest BCUT2D eigenvalue weighted by molar-refractivity contribution is 5.94. The third kappa shape index (κ3) is 3.21. The highest BCUT2D eigenvalue weighted by Crippen LogP contribution is 2.41. The van der Waals surface area contributed by atoms with Crippen molar-refractivity contribution in [3.8, 4) is 17.0 Å². The van der Waals surface area contributed by atoms with E-state index >= 15 is 0 Å². The second-order valence-electron chi connectivity index (χ2n) is 8.43. The van der Waals surface area contributed by atoms with E-state index in [0.717, 1.165) is 29.7 Å². The van der Waals surface area contributed by atoms with E-state index in [1.54, 1.807) is 11.7 Å². The number of rotatable bonds is 3. The molecule has 3 heterocycles. The summed E-state index contributed by atoms with van der Waals surface area (Å²) in [6, 6.07) is 14.9. The first-order chi connectivity index (χ1) is 15.0. The van der Waals surface area contributed by atoms with E-state index in [1.807, 2.05) is 60.4 Å². The molecule has 3 aromatic rings. The van der Waals surface area contributed by atoms with Crippen LogP contribution in [0.1, 0.15) is 34.6 Å². The third-order valence-corrected chi connectivity index (χ3v) is 6.51. The maximum Gasteiger partial charge on any atom is 0.280 e. The van der Waals surface area contributed by atoms with Crippen molar-refractivity contribution in [2.45, 2.75) is 31.7 Å². The number of aryl methyl sites for hydroxylation is 1. The standard InChI is InChI=1S/C24H24N4O3/c1-16-4-3-5-18(14-16)21(29)27-12-10-24(15-27)11-13-28-22(30)20(25-26-23(24)28)17-6-8-19(31-2)9-7-17/h3-9,14H,10-13,15H2,1-2H3. The van der Waals surface area contributed by atoms with Crippen molar-refractivity contribution in [2.75, 3.05) is 20.2 Å². The molecule has 2 aromatic carbocycles. The average Bonchev–Trinajstić information content (AvgIpc) is 3.39. The molecule has 5 rings (SSSR count). The topological polar surface area (TPSA) is 77.3 Å². The van der Waals surface area contributed by atoms with Crippen LogP contribution in [0.4, 0.5) is 0 Å². The first kappa shape index (κ1) is 19.5. The van der Waals surface area contributed by atoms with Gasteiger partial charge in [-0.3, -0.25) is 14.2 Å². The monoisotopic (exact) mass is 416 g/mol. The molecule has 1 amide bonds. The summed E-state index contributed by atoms with van der Waals surface area (Å²) in [5, 5.41) is 8.81. The average molecular weight is 416 g/mol. The van der Waals surface area contributed by atoms with Crippen LogP contribution in [0.15, 0.2) is 53.3 Å². The summed E-state index contributed by atoms with van der Waals surface area (Å²) in [6.07, 6.45) is 1.58. The van der Waals surface area contributed by atoms with Crippen LogP contribution in [-0.4, -0.2) is 45.8 Å². The number of benzene rings is 2. The molecule has 1 spiro atoms. The molecule has 1 aromatic heterocycles. The lowest BCUT2D eigenvalue weighted by molar-refractivity contribution is 0.0783. The Morgan fingerprint density at radius 2 is 1.84 bits per heavy atom. The number of ether oxygens (including phenoxy) is 1. The molecule has 1 saturated heterocycles. The van der Waals surface area contributed by atoms with Crippen molar-refractivity contribution in [3.05, 3.63) is 75.8 Å². The zero-order valence-electron chi connectivity index (χ0n) is 17.7. The molecule has 0 bridgehead atoms. The predicted molar refractivity (Wildman–Crippen MR) is 116 cm³/mol. The highest BCUT2D eigenvalue weighted by Gasteiger charge is 2.48. The molecule has 7 nitrogen and oxygen atoms in total. The number of nitrogens with zero attached hydrogens (tertiary/aromatic N) is 4. The van der Waals surface area contributed by atoms with Gasteiger partial charge in [-0.1, -0.05) is 17.7 Å². The molecule has 0 N–H and O–H groups in total. The van der Waals surface area contributed by atoms with Crippen LogP contribution >= 0.6 is 0 Å². The van der Waals surface area contributed by atoms with Crippen molar-refractivity contribution < 1.29 is 9.53 Å². The van der Waals surface area contributed by atoms with Crippen molar-refractivity contribution in [2.24, 2.45) is 0 Å². The second kappa shape index (κ2) is 7.34. The number of hydrogen-bond donors (Lipinski definition) is 0. The van der Waals surface area contributed by atoms with Crippen molar-refractivity contribution in [3.63, 3.8) is 0 Å². The summed E-state index contributed by atoms with van der Waals surface area (Å²) < 4.78 is 6.93. The lowest BCUT2D eigenvalue weighted by atomic mass is 9.85. The Bertz CT molecular complexity index is 1220. The van der Waals surface area contributed by atoms with Gasteiger partial charge >= 0.3 is 0 Å². The fourth-order valence-electron chi connectivity index (χ4n) is 4.78. The lowest BCUT2D eigenvalue weighted by Crippen LogP contribution is -2.35. The molecule has 1 atom stereocenters. The lowest BCUT2D eigenvalue weighted by Gasteiger charge is -2.23.